The second-order valence-corrected chi connectivity index (χ2v) is 5.56. The van der Waals surface area contributed by atoms with Crippen LogP contribution in [-0.4, -0.2) is 59.7 Å². The highest BCUT2D eigenvalue weighted by Gasteiger charge is 2.18. The molecule has 2 amide bonds. The van der Waals surface area contributed by atoms with Gasteiger partial charge in [-0.15, -0.1) is 0 Å². The topological polar surface area (TPSA) is 79.3 Å². The highest BCUT2D eigenvalue weighted by molar-refractivity contribution is 5.95. The van der Waals surface area contributed by atoms with Gasteiger partial charge in [0, 0.05) is 25.3 Å². The zero-order valence-corrected chi connectivity index (χ0v) is 13.4. The molecular formula is C14H25N5O2. The molecule has 7 heteroatoms. The third kappa shape index (κ3) is 5.55. The zero-order valence-electron chi connectivity index (χ0n) is 13.4. The summed E-state index contributed by atoms with van der Waals surface area (Å²) in [6, 6.07) is 1.24. The summed E-state index contributed by atoms with van der Waals surface area (Å²) in [5, 5.41) is 9.59. The van der Waals surface area contributed by atoms with E-state index in [-0.39, 0.29) is 17.9 Å². The van der Waals surface area contributed by atoms with Gasteiger partial charge in [-0.25, -0.2) is 0 Å². The van der Waals surface area contributed by atoms with Crippen molar-refractivity contribution in [3.8, 4) is 0 Å². The van der Waals surface area contributed by atoms with Crippen molar-refractivity contribution in [3.05, 3.63) is 18.0 Å². The van der Waals surface area contributed by atoms with E-state index in [4.69, 9.17) is 0 Å². The molecule has 1 atom stereocenters. The summed E-state index contributed by atoms with van der Waals surface area (Å²) >= 11 is 0. The average Bonchev–Trinajstić information content (AvgIpc) is 2.87. The molecule has 0 saturated carbocycles. The summed E-state index contributed by atoms with van der Waals surface area (Å²) in [5.74, 6) is -0.543. The van der Waals surface area contributed by atoms with Crippen molar-refractivity contribution in [1.82, 2.24) is 25.3 Å². The van der Waals surface area contributed by atoms with Gasteiger partial charge < -0.3 is 15.5 Å². The molecule has 1 aromatic rings. The lowest BCUT2D eigenvalue weighted by Gasteiger charge is -2.15. The maximum Gasteiger partial charge on any atom is 0.272 e. The molecule has 7 nitrogen and oxygen atoms in total. The van der Waals surface area contributed by atoms with E-state index < -0.39 is 6.04 Å². The van der Waals surface area contributed by atoms with Crippen LogP contribution in [0, 0.1) is 0 Å². The van der Waals surface area contributed by atoms with E-state index in [1.807, 2.05) is 32.8 Å². The van der Waals surface area contributed by atoms with Gasteiger partial charge in [-0.2, -0.15) is 5.10 Å². The Balaban J connectivity index is 2.47. The van der Waals surface area contributed by atoms with Crippen LogP contribution in [0.15, 0.2) is 12.3 Å². The van der Waals surface area contributed by atoms with Crippen molar-refractivity contribution >= 4 is 11.8 Å². The van der Waals surface area contributed by atoms with Crippen molar-refractivity contribution in [2.75, 3.05) is 27.2 Å². The molecular weight excluding hydrogens is 270 g/mol. The first-order chi connectivity index (χ1) is 9.81. The zero-order chi connectivity index (χ0) is 16.0. The van der Waals surface area contributed by atoms with Crippen molar-refractivity contribution in [2.24, 2.45) is 0 Å². The molecule has 0 radical (unpaired) electrons. The van der Waals surface area contributed by atoms with Crippen LogP contribution in [-0.2, 0) is 4.79 Å². The molecule has 0 unspecified atom stereocenters. The molecule has 0 aliphatic carbocycles. The molecule has 0 fully saturated rings. The first-order valence-electron chi connectivity index (χ1n) is 7.09. The summed E-state index contributed by atoms with van der Waals surface area (Å²) in [4.78, 5) is 25.8. The molecule has 1 aromatic heterocycles. The van der Waals surface area contributed by atoms with E-state index >= 15 is 0 Å². The number of hydrogen-bond acceptors (Lipinski definition) is 4. The van der Waals surface area contributed by atoms with E-state index in [9.17, 15) is 9.59 Å². The Labute approximate surface area is 125 Å². The third-order valence-corrected chi connectivity index (χ3v) is 2.97. The van der Waals surface area contributed by atoms with E-state index in [0.29, 0.717) is 12.2 Å². The van der Waals surface area contributed by atoms with Gasteiger partial charge in [0.2, 0.25) is 5.91 Å². The van der Waals surface area contributed by atoms with Gasteiger partial charge in [-0.3, -0.25) is 14.3 Å². The Bertz CT molecular complexity index is 481. The maximum atomic E-state index is 12.0. The second kappa shape index (κ2) is 7.78. The van der Waals surface area contributed by atoms with Crippen LogP contribution in [0.5, 0.6) is 0 Å². The van der Waals surface area contributed by atoms with Crippen molar-refractivity contribution in [1.29, 1.82) is 0 Å². The van der Waals surface area contributed by atoms with Crippen LogP contribution in [0.3, 0.4) is 0 Å². The van der Waals surface area contributed by atoms with Gasteiger partial charge >= 0.3 is 0 Å². The number of nitrogens with one attached hydrogen (secondary N) is 2. The van der Waals surface area contributed by atoms with Gasteiger partial charge in [-0.05, 0) is 40.9 Å². The number of carbonyl (C=O) groups is 2. The monoisotopic (exact) mass is 295 g/mol. The van der Waals surface area contributed by atoms with Gasteiger partial charge in [0.05, 0.1) is 0 Å². The third-order valence-electron chi connectivity index (χ3n) is 2.97. The first kappa shape index (κ1) is 17.2. The molecule has 0 aliphatic rings. The normalized spacial score (nSPS) is 12.5. The number of rotatable bonds is 7. The highest BCUT2D eigenvalue weighted by Crippen LogP contribution is 2.04. The van der Waals surface area contributed by atoms with Gasteiger partial charge in [0.1, 0.15) is 11.7 Å². The summed E-state index contributed by atoms with van der Waals surface area (Å²) in [7, 11) is 3.87. The van der Waals surface area contributed by atoms with Gasteiger partial charge in [-0.1, -0.05) is 0 Å². The number of hydrogen-bond donors (Lipinski definition) is 2. The fourth-order valence-electron chi connectivity index (χ4n) is 1.64. The lowest BCUT2D eigenvalue weighted by molar-refractivity contribution is -0.122. The summed E-state index contributed by atoms with van der Waals surface area (Å²) in [6.07, 6.45) is 1.75. The largest absolute Gasteiger partial charge is 0.353 e. The smallest absolute Gasteiger partial charge is 0.272 e. The van der Waals surface area contributed by atoms with Crippen LogP contribution in [0.4, 0.5) is 0 Å². The lowest BCUT2D eigenvalue weighted by Crippen LogP contribution is -2.46. The number of aromatic nitrogens is 2. The molecule has 0 bridgehead atoms. The molecule has 21 heavy (non-hydrogen) atoms. The van der Waals surface area contributed by atoms with E-state index in [1.165, 1.54) is 0 Å². The SMILES string of the molecule is CC(C)n1ccc(C(=O)N[C@@H](C)C(=O)NCCN(C)C)n1. The first-order valence-corrected chi connectivity index (χ1v) is 7.09. The predicted octanol–water partition coefficient (Wildman–Crippen LogP) is 0.260. The second-order valence-electron chi connectivity index (χ2n) is 5.56. The maximum absolute atomic E-state index is 12.0. The van der Waals surface area contributed by atoms with E-state index in [1.54, 1.807) is 23.9 Å². The Hall–Kier alpha value is -1.89. The number of carbonyl (C=O) groups excluding carboxylic acids is 2. The predicted molar refractivity (Wildman–Crippen MR) is 81.1 cm³/mol. The Morgan fingerprint density at radius 1 is 1.33 bits per heavy atom. The minimum atomic E-state index is -0.594. The van der Waals surface area contributed by atoms with Crippen molar-refractivity contribution < 1.29 is 9.59 Å². The number of likely N-dealkylation sites (N-methyl/N-ethyl adjacent to an activating group) is 1. The average molecular weight is 295 g/mol. The molecule has 118 valence electrons. The number of nitrogens with zero attached hydrogens (tertiary/aromatic N) is 3. The summed E-state index contributed by atoms with van der Waals surface area (Å²) < 4.78 is 1.71. The minimum Gasteiger partial charge on any atom is -0.353 e. The molecule has 0 aliphatic heterocycles. The highest BCUT2D eigenvalue weighted by atomic mass is 16.2. The molecule has 0 spiro atoms. The lowest BCUT2D eigenvalue weighted by atomic mass is 10.3. The fourth-order valence-corrected chi connectivity index (χ4v) is 1.64. The summed E-state index contributed by atoms with van der Waals surface area (Å²) in [5.41, 5.74) is 0.316. The molecule has 1 heterocycles. The van der Waals surface area contributed by atoms with Gasteiger partial charge in [0.15, 0.2) is 0 Å². The Kier molecular flexibility index (Phi) is 6.36. The van der Waals surface area contributed by atoms with E-state index in [0.717, 1.165) is 6.54 Å². The van der Waals surface area contributed by atoms with Crippen LogP contribution < -0.4 is 10.6 Å². The molecule has 1 rings (SSSR count). The van der Waals surface area contributed by atoms with Crippen LogP contribution in [0.2, 0.25) is 0 Å². The summed E-state index contributed by atoms with van der Waals surface area (Å²) in [6.45, 7) is 6.92. The standard InChI is InChI=1S/C14H25N5O2/c1-10(2)19-8-6-12(17-19)14(21)16-11(3)13(20)15-7-9-18(4)5/h6,8,10-11H,7,9H2,1-5H3,(H,15,20)(H,16,21)/t11-/m0/s1. The van der Waals surface area contributed by atoms with Gasteiger partial charge in [0.25, 0.3) is 5.91 Å². The minimum absolute atomic E-state index is 0.193. The fraction of sp³-hybridized carbons (Fsp3) is 0.643. The van der Waals surface area contributed by atoms with Crippen LogP contribution in [0.1, 0.15) is 37.3 Å². The van der Waals surface area contributed by atoms with Crippen molar-refractivity contribution in [2.45, 2.75) is 32.9 Å². The molecule has 0 aromatic carbocycles. The molecule has 2 N–H and O–H groups in total. The quantitative estimate of drug-likeness (QED) is 0.756. The Morgan fingerprint density at radius 3 is 2.52 bits per heavy atom. The van der Waals surface area contributed by atoms with E-state index in [2.05, 4.69) is 15.7 Å². The Morgan fingerprint density at radius 2 is 2.00 bits per heavy atom. The molecule has 0 saturated heterocycles. The van der Waals surface area contributed by atoms with Crippen LogP contribution >= 0.6 is 0 Å². The van der Waals surface area contributed by atoms with Crippen LogP contribution in [0.25, 0.3) is 0 Å². The van der Waals surface area contributed by atoms with Crippen molar-refractivity contribution in [3.63, 3.8) is 0 Å². The number of amides is 2.